The lowest BCUT2D eigenvalue weighted by molar-refractivity contribution is 0.0680. The summed E-state index contributed by atoms with van der Waals surface area (Å²) in [5, 5.41) is 0. The highest BCUT2D eigenvalue weighted by Gasteiger charge is 2.16. The van der Waals surface area contributed by atoms with Crippen LogP contribution in [0.5, 0.6) is 5.75 Å². The molecule has 0 radical (unpaired) electrons. The Hall–Kier alpha value is -2.86. The van der Waals surface area contributed by atoms with Crippen LogP contribution in [0.15, 0.2) is 48.8 Å². The van der Waals surface area contributed by atoms with Crippen molar-refractivity contribution in [1.82, 2.24) is 9.55 Å². The lowest BCUT2D eigenvalue weighted by atomic mass is 10.2. The summed E-state index contributed by atoms with van der Waals surface area (Å²) in [6.45, 7) is 1.40. The first-order valence-corrected chi connectivity index (χ1v) is 8.32. The molecule has 0 bridgehead atoms. The molecule has 1 aliphatic rings. The van der Waals surface area contributed by atoms with Crippen LogP contribution in [0.2, 0.25) is 0 Å². The topological polar surface area (TPSA) is 79.4 Å². The lowest BCUT2D eigenvalue weighted by Crippen LogP contribution is -2.16. The molecule has 6 heteroatoms. The van der Waals surface area contributed by atoms with Gasteiger partial charge < -0.3 is 15.2 Å². The number of aromatic nitrogens is 2. The maximum atomic E-state index is 11.2. The SMILES string of the molecule is NC(=O)c1ccc(-n2cnc3cc(OCC4CCCO4)ccc32)cc1. The van der Waals surface area contributed by atoms with Gasteiger partial charge in [-0.15, -0.1) is 0 Å². The van der Waals surface area contributed by atoms with Gasteiger partial charge in [-0.05, 0) is 49.2 Å². The molecule has 0 spiro atoms. The highest BCUT2D eigenvalue weighted by atomic mass is 16.5. The molecule has 2 aromatic carbocycles. The minimum absolute atomic E-state index is 0.192. The Morgan fingerprint density at radius 1 is 1.28 bits per heavy atom. The normalized spacial score (nSPS) is 17.0. The Kier molecular flexibility index (Phi) is 4.11. The fourth-order valence-corrected chi connectivity index (χ4v) is 3.04. The van der Waals surface area contributed by atoms with Crippen molar-refractivity contribution >= 4 is 16.9 Å². The van der Waals surface area contributed by atoms with Crippen LogP contribution in [-0.4, -0.2) is 34.8 Å². The van der Waals surface area contributed by atoms with Gasteiger partial charge in [-0.25, -0.2) is 4.98 Å². The highest BCUT2D eigenvalue weighted by molar-refractivity contribution is 5.93. The number of carbonyl (C=O) groups excluding carboxylic acids is 1. The van der Waals surface area contributed by atoms with Crippen molar-refractivity contribution in [3.63, 3.8) is 0 Å². The van der Waals surface area contributed by atoms with E-state index in [0.717, 1.165) is 41.9 Å². The number of rotatable bonds is 5. The average Bonchev–Trinajstić information content (AvgIpc) is 3.29. The number of hydrogen-bond acceptors (Lipinski definition) is 4. The summed E-state index contributed by atoms with van der Waals surface area (Å²) < 4.78 is 13.4. The summed E-state index contributed by atoms with van der Waals surface area (Å²) in [5.74, 6) is 0.354. The minimum Gasteiger partial charge on any atom is -0.491 e. The number of nitrogens with two attached hydrogens (primary N) is 1. The number of hydrogen-bond donors (Lipinski definition) is 1. The van der Waals surface area contributed by atoms with E-state index in [-0.39, 0.29) is 6.10 Å². The van der Waals surface area contributed by atoms with E-state index in [1.165, 1.54) is 0 Å². The van der Waals surface area contributed by atoms with Crippen molar-refractivity contribution in [1.29, 1.82) is 0 Å². The number of benzene rings is 2. The summed E-state index contributed by atoms with van der Waals surface area (Å²) in [6, 6.07) is 13.0. The predicted octanol–water partition coefficient (Wildman–Crippen LogP) is 2.68. The summed E-state index contributed by atoms with van der Waals surface area (Å²) in [6.07, 6.45) is 4.11. The van der Waals surface area contributed by atoms with Crippen molar-refractivity contribution in [2.45, 2.75) is 18.9 Å². The van der Waals surface area contributed by atoms with E-state index in [1.54, 1.807) is 18.5 Å². The Morgan fingerprint density at radius 2 is 2.12 bits per heavy atom. The van der Waals surface area contributed by atoms with E-state index in [9.17, 15) is 4.79 Å². The van der Waals surface area contributed by atoms with Crippen molar-refractivity contribution in [2.24, 2.45) is 5.73 Å². The third kappa shape index (κ3) is 3.21. The number of amides is 1. The quantitative estimate of drug-likeness (QED) is 0.776. The maximum Gasteiger partial charge on any atom is 0.248 e. The molecule has 4 rings (SSSR count). The first-order valence-electron chi connectivity index (χ1n) is 8.32. The smallest absolute Gasteiger partial charge is 0.248 e. The lowest BCUT2D eigenvalue weighted by Gasteiger charge is -2.11. The van der Waals surface area contributed by atoms with Gasteiger partial charge in [0.25, 0.3) is 0 Å². The van der Waals surface area contributed by atoms with Crippen molar-refractivity contribution in [2.75, 3.05) is 13.2 Å². The molecule has 0 saturated carbocycles. The van der Waals surface area contributed by atoms with Gasteiger partial charge in [-0.3, -0.25) is 9.36 Å². The zero-order valence-corrected chi connectivity index (χ0v) is 13.7. The standard InChI is InChI=1S/C19H19N3O3/c20-19(23)13-3-5-14(6-4-13)22-12-21-17-10-15(7-8-18(17)22)25-11-16-2-1-9-24-16/h3-8,10,12,16H,1-2,9,11H2,(H2,20,23). The first-order chi connectivity index (χ1) is 12.2. The first kappa shape index (κ1) is 15.7. The third-order valence-corrected chi connectivity index (χ3v) is 4.41. The van der Waals surface area contributed by atoms with Crippen LogP contribution in [0.3, 0.4) is 0 Å². The van der Waals surface area contributed by atoms with Crippen molar-refractivity contribution in [3.8, 4) is 11.4 Å². The molecule has 2 heterocycles. The third-order valence-electron chi connectivity index (χ3n) is 4.41. The summed E-state index contributed by atoms with van der Waals surface area (Å²) in [7, 11) is 0. The van der Waals surface area contributed by atoms with E-state index in [4.69, 9.17) is 15.2 Å². The summed E-state index contributed by atoms with van der Waals surface area (Å²) in [4.78, 5) is 15.6. The van der Waals surface area contributed by atoms with Crippen LogP contribution in [-0.2, 0) is 4.74 Å². The minimum atomic E-state index is -0.435. The molecule has 1 aromatic heterocycles. The number of imidazole rings is 1. The molecule has 25 heavy (non-hydrogen) atoms. The molecule has 0 aliphatic carbocycles. The molecule has 1 amide bonds. The molecular formula is C19H19N3O3. The van der Waals surface area contributed by atoms with Gasteiger partial charge in [-0.1, -0.05) is 0 Å². The zero-order valence-electron chi connectivity index (χ0n) is 13.7. The van der Waals surface area contributed by atoms with Gasteiger partial charge in [0.05, 0.1) is 17.1 Å². The van der Waals surface area contributed by atoms with E-state index in [1.807, 2.05) is 34.9 Å². The van der Waals surface area contributed by atoms with E-state index < -0.39 is 5.91 Å². The molecule has 1 aliphatic heterocycles. The van der Waals surface area contributed by atoms with E-state index in [0.29, 0.717) is 12.2 Å². The Labute approximate surface area is 145 Å². The summed E-state index contributed by atoms with van der Waals surface area (Å²) >= 11 is 0. The molecule has 3 aromatic rings. The number of ether oxygens (including phenoxy) is 2. The van der Waals surface area contributed by atoms with Crippen LogP contribution in [0, 0.1) is 0 Å². The maximum absolute atomic E-state index is 11.2. The molecule has 2 N–H and O–H groups in total. The second-order valence-corrected chi connectivity index (χ2v) is 6.12. The van der Waals surface area contributed by atoms with Gasteiger partial charge in [0.1, 0.15) is 18.7 Å². The fourth-order valence-electron chi connectivity index (χ4n) is 3.04. The van der Waals surface area contributed by atoms with Gasteiger partial charge in [0, 0.05) is 23.9 Å². The molecule has 1 saturated heterocycles. The zero-order chi connectivity index (χ0) is 17.2. The second-order valence-electron chi connectivity index (χ2n) is 6.12. The predicted molar refractivity (Wildman–Crippen MR) is 94.1 cm³/mol. The fraction of sp³-hybridized carbons (Fsp3) is 0.263. The monoisotopic (exact) mass is 337 g/mol. The Morgan fingerprint density at radius 3 is 2.84 bits per heavy atom. The second kappa shape index (κ2) is 6.57. The van der Waals surface area contributed by atoms with Gasteiger partial charge in [0.2, 0.25) is 5.91 Å². The average molecular weight is 337 g/mol. The highest BCUT2D eigenvalue weighted by Crippen LogP contribution is 2.24. The van der Waals surface area contributed by atoms with E-state index >= 15 is 0 Å². The van der Waals surface area contributed by atoms with Crippen LogP contribution < -0.4 is 10.5 Å². The van der Waals surface area contributed by atoms with Crippen molar-refractivity contribution < 1.29 is 14.3 Å². The van der Waals surface area contributed by atoms with Crippen LogP contribution in [0.4, 0.5) is 0 Å². The molecule has 6 nitrogen and oxygen atoms in total. The number of carbonyl (C=O) groups is 1. The van der Waals surface area contributed by atoms with Gasteiger partial charge in [0.15, 0.2) is 0 Å². The van der Waals surface area contributed by atoms with Crippen LogP contribution in [0.1, 0.15) is 23.2 Å². The van der Waals surface area contributed by atoms with Crippen molar-refractivity contribution in [3.05, 3.63) is 54.4 Å². The largest absolute Gasteiger partial charge is 0.491 e. The number of primary amides is 1. The molecule has 1 atom stereocenters. The van der Waals surface area contributed by atoms with Gasteiger partial charge in [-0.2, -0.15) is 0 Å². The molecule has 1 fully saturated rings. The summed E-state index contributed by atoms with van der Waals surface area (Å²) in [5.41, 5.74) is 8.50. The molecular weight excluding hydrogens is 318 g/mol. The van der Waals surface area contributed by atoms with Gasteiger partial charge >= 0.3 is 0 Å². The van der Waals surface area contributed by atoms with Crippen LogP contribution >= 0.6 is 0 Å². The Balaban J connectivity index is 1.55. The molecule has 128 valence electrons. The Bertz CT molecular complexity index is 896. The number of fused-ring (bicyclic) bond motifs is 1. The number of nitrogens with zero attached hydrogens (tertiary/aromatic N) is 2. The molecule has 1 unspecified atom stereocenters. The van der Waals surface area contributed by atoms with Crippen LogP contribution in [0.25, 0.3) is 16.7 Å². The van der Waals surface area contributed by atoms with E-state index in [2.05, 4.69) is 4.98 Å².